The molecule has 1 saturated carbocycles. The van der Waals surface area contributed by atoms with Gasteiger partial charge in [-0.25, -0.2) is 4.79 Å². The number of benzene rings is 2. The number of imide groups is 1. The molecule has 0 aromatic heterocycles. The SMILES string of the molecule is COc1cc(CN(CC(=O)NC(=O)Nc2ccccc2)C2CC2)ccc1OC(F)F. The van der Waals surface area contributed by atoms with Crippen LogP contribution in [0.2, 0.25) is 0 Å². The fraction of sp³-hybridized carbons (Fsp3) is 0.333. The normalized spacial score (nSPS) is 13.2. The minimum absolute atomic E-state index is 0.0322. The van der Waals surface area contributed by atoms with Crippen LogP contribution in [-0.2, 0) is 11.3 Å². The fourth-order valence-corrected chi connectivity index (χ4v) is 3.03. The molecular formula is C21H23F2N3O4. The van der Waals surface area contributed by atoms with Crippen molar-refractivity contribution in [3.05, 3.63) is 54.1 Å². The fourth-order valence-electron chi connectivity index (χ4n) is 3.03. The van der Waals surface area contributed by atoms with Crippen LogP contribution < -0.4 is 20.1 Å². The molecule has 9 heteroatoms. The molecular weight excluding hydrogens is 396 g/mol. The Morgan fingerprint density at radius 3 is 2.50 bits per heavy atom. The van der Waals surface area contributed by atoms with E-state index in [1.165, 1.54) is 13.2 Å². The van der Waals surface area contributed by atoms with Crippen molar-refractivity contribution in [3.8, 4) is 11.5 Å². The van der Waals surface area contributed by atoms with Gasteiger partial charge in [0, 0.05) is 18.3 Å². The highest BCUT2D eigenvalue weighted by Crippen LogP contribution is 2.32. The number of nitrogens with zero attached hydrogens (tertiary/aromatic N) is 1. The standard InChI is InChI=1S/C21H23F2N3O4/c1-29-18-11-14(7-10-17(18)30-20(22)23)12-26(16-8-9-16)13-19(27)25-21(28)24-15-5-3-2-4-6-15/h2-7,10-11,16,20H,8-9,12-13H2,1H3,(H2,24,25,27,28). The van der Waals surface area contributed by atoms with Gasteiger partial charge in [-0.05, 0) is 42.7 Å². The Hall–Kier alpha value is -3.20. The molecule has 0 saturated heterocycles. The monoisotopic (exact) mass is 419 g/mol. The van der Waals surface area contributed by atoms with E-state index in [-0.39, 0.29) is 24.1 Å². The minimum atomic E-state index is -2.95. The van der Waals surface area contributed by atoms with Crippen molar-refractivity contribution in [2.45, 2.75) is 32.0 Å². The Labute approximate surface area is 173 Å². The second-order valence-corrected chi connectivity index (χ2v) is 6.87. The lowest BCUT2D eigenvalue weighted by Crippen LogP contribution is -2.42. The van der Waals surface area contributed by atoms with Crippen molar-refractivity contribution < 1.29 is 27.8 Å². The molecule has 1 aliphatic rings. The number of carbonyl (C=O) groups is 2. The molecule has 2 N–H and O–H groups in total. The molecule has 30 heavy (non-hydrogen) atoms. The van der Waals surface area contributed by atoms with Gasteiger partial charge in [0.05, 0.1) is 13.7 Å². The van der Waals surface area contributed by atoms with E-state index in [0.717, 1.165) is 18.4 Å². The maximum absolute atomic E-state index is 12.5. The summed E-state index contributed by atoms with van der Waals surface area (Å²) >= 11 is 0. The average Bonchev–Trinajstić information content (AvgIpc) is 3.54. The van der Waals surface area contributed by atoms with Crippen LogP contribution in [-0.4, -0.2) is 43.1 Å². The first-order chi connectivity index (χ1) is 14.4. The number of halogens is 2. The van der Waals surface area contributed by atoms with Crippen LogP contribution >= 0.6 is 0 Å². The number of amides is 3. The van der Waals surface area contributed by atoms with Crippen molar-refractivity contribution in [1.82, 2.24) is 10.2 Å². The zero-order chi connectivity index (χ0) is 21.5. The summed E-state index contributed by atoms with van der Waals surface area (Å²) in [5, 5.41) is 4.92. The van der Waals surface area contributed by atoms with Crippen LogP contribution in [0.5, 0.6) is 11.5 Å². The van der Waals surface area contributed by atoms with Gasteiger partial charge in [0.25, 0.3) is 0 Å². The van der Waals surface area contributed by atoms with Crippen LogP contribution in [0.3, 0.4) is 0 Å². The molecule has 7 nitrogen and oxygen atoms in total. The number of alkyl halides is 2. The third-order valence-electron chi connectivity index (χ3n) is 4.52. The lowest BCUT2D eigenvalue weighted by molar-refractivity contribution is -0.121. The van der Waals surface area contributed by atoms with E-state index in [2.05, 4.69) is 15.4 Å². The van der Waals surface area contributed by atoms with E-state index >= 15 is 0 Å². The summed E-state index contributed by atoms with van der Waals surface area (Å²) in [6.07, 6.45) is 1.90. The number of carbonyl (C=O) groups excluding carboxylic acids is 2. The van der Waals surface area contributed by atoms with Crippen molar-refractivity contribution in [2.24, 2.45) is 0 Å². The molecule has 0 aliphatic heterocycles. The second-order valence-electron chi connectivity index (χ2n) is 6.87. The summed E-state index contributed by atoms with van der Waals surface area (Å²) in [6, 6.07) is 13.1. The number of hydrogen-bond donors (Lipinski definition) is 2. The summed E-state index contributed by atoms with van der Waals surface area (Å²) in [4.78, 5) is 26.3. The third-order valence-corrected chi connectivity index (χ3v) is 4.52. The van der Waals surface area contributed by atoms with E-state index in [4.69, 9.17) is 4.74 Å². The summed E-state index contributed by atoms with van der Waals surface area (Å²) < 4.78 is 34.5. The van der Waals surface area contributed by atoms with Gasteiger partial charge in [-0.2, -0.15) is 8.78 Å². The first-order valence-electron chi connectivity index (χ1n) is 9.46. The van der Waals surface area contributed by atoms with Crippen LogP contribution in [0.1, 0.15) is 18.4 Å². The van der Waals surface area contributed by atoms with E-state index in [1.807, 2.05) is 11.0 Å². The molecule has 3 amide bonds. The molecule has 0 bridgehead atoms. The molecule has 0 radical (unpaired) electrons. The lowest BCUT2D eigenvalue weighted by atomic mass is 10.2. The van der Waals surface area contributed by atoms with Crippen molar-refractivity contribution in [1.29, 1.82) is 0 Å². The van der Waals surface area contributed by atoms with Gasteiger partial charge in [-0.1, -0.05) is 24.3 Å². The van der Waals surface area contributed by atoms with Crippen molar-refractivity contribution in [3.63, 3.8) is 0 Å². The topological polar surface area (TPSA) is 79.9 Å². The quantitative estimate of drug-likeness (QED) is 0.649. The number of anilines is 1. The van der Waals surface area contributed by atoms with Crippen molar-refractivity contribution in [2.75, 3.05) is 19.0 Å². The van der Waals surface area contributed by atoms with E-state index < -0.39 is 18.5 Å². The Bertz CT molecular complexity index is 876. The molecule has 160 valence electrons. The first kappa shape index (κ1) is 21.5. The van der Waals surface area contributed by atoms with Crippen molar-refractivity contribution >= 4 is 17.6 Å². The van der Waals surface area contributed by atoms with Gasteiger partial charge < -0.3 is 14.8 Å². The van der Waals surface area contributed by atoms with Gasteiger partial charge in [0.15, 0.2) is 11.5 Å². The first-order valence-corrected chi connectivity index (χ1v) is 9.46. The van der Waals surface area contributed by atoms with Gasteiger partial charge in [-0.15, -0.1) is 0 Å². The minimum Gasteiger partial charge on any atom is -0.493 e. The smallest absolute Gasteiger partial charge is 0.387 e. The van der Waals surface area contributed by atoms with Gasteiger partial charge in [0.1, 0.15) is 0 Å². The summed E-state index contributed by atoms with van der Waals surface area (Å²) in [7, 11) is 1.37. The molecule has 1 aliphatic carbocycles. The molecule has 0 spiro atoms. The number of nitrogens with one attached hydrogen (secondary N) is 2. The van der Waals surface area contributed by atoms with Crippen LogP contribution in [0.15, 0.2) is 48.5 Å². The Morgan fingerprint density at radius 1 is 1.13 bits per heavy atom. The predicted octanol–water partition coefficient (Wildman–Crippen LogP) is 3.61. The number of methoxy groups -OCH3 is 1. The summed E-state index contributed by atoms with van der Waals surface area (Å²) in [6.45, 7) is -2.51. The third kappa shape index (κ3) is 6.41. The number of para-hydroxylation sites is 1. The molecule has 0 unspecified atom stereocenters. The highest BCUT2D eigenvalue weighted by atomic mass is 19.3. The van der Waals surface area contributed by atoms with Gasteiger partial charge in [-0.3, -0.25) is 15.0 Å². The molecule has 2 aromatic carbocycles. The maximum Gasteiger partial charge on any atom is 0.387 e. The molecule has 0 atom stereocenters. The van der Waals surface area contributed by atoms with Crippen LogP contribution in [0.25, 0.3) is 0 Å². The maximum atomic E-state index is 12.5. The Balaban J connectivity index is 1.58. The van der Waals surface area contributed by atoms with Gasteiger partial charge >= 0.3 is 12.6 Å². The number of rotatable bonds is 9. The van der Waals surface area contributed by atoms with Crippen LogP contribution in [0, 0.1) is 0 Å². The van der Waals surface area contributed by atoms with Crippen LogP contribution in [0.4, 0.5) is 19.3 Å². The predicted molar refractivity (Wildman–Crippen MR) is 107 cm³/mol. The molecule has 2 aromatic rings. The lowest BCUT2D eigenvalue weighted by Gasteiger charge is -2.22. The Morgan fingerprint density at radius 2 is 1.87 bits per heavy atom. The van der Waals surface area contributed by atoms with Gasteiger partial charge in [0.2, 0.25) is 5.91 Å². The number of hydrogen-bond acceptors (Lipinski definition) is 5. The Kier molecular flexibility index (Phi) is 7.18. The largest absolute Gasteiger partial charge is 0.493 e. The van der Waals surface area contributed by atoms with E-state index in [9.17, 15) is 18.4 Å². The van der Waals surface area contributed by atoms with E-state index in [0.29, 0.717) is 12.2 Å². The molecule has 3 rings (SSSR count). The zero-order valence-corrected chi connectivity index (χ0v) is 16.4. The highest BCUT2D eigenvalue weighted by Gasteiger charge is 2.30. The number of ether oxygens (including phenoxy) is 2. The number of urea groups is 1. The average molecular weight is 419 g/mol. The molecule has 1 fully saturated rings. The zero-order valence-electron chi connectivity index (χ0n) is 16.4. The summed E-state index contributed by atoms with van der Waals surface area (Å²) in [5.74, 6) is -0.292. The summed E-state index contributed by atoms with van der Waals surface area (Å²) in [5.41, 5.74) is 1.36. The van der Waals surface area contributed by atoms with E-state index in [1.54, 1.807) is 36.4 Å². The second kappa shape index (κ2) is 10.0. The highest BCUT2D eigenvalue weighted by molar-refractivity contribution is 6.01. The molecule has 0 heterocycles.